The summed E-state index contributed by atoms with van der Waals surface area (Å²) in [5.74, 6) is -3.32. The molecule has 0 aliphatic carbocycles. The highest BCUT2D eigenvalue weighted by Crippen LogP contribution is 2.34. The van der Waals surface area contributed by atoms with Crippen LogP contribution >= 0.6 is 0 Å². The zero-order chi connectivity index (χ0) is 20.1. The lowest BCUT2D eigenvalue weighted by molar-refractivity contribution is -0.126. The average Bonchev–Trinajstić information content (AvgIpc) is 3.28. The molecule has 2 aliphatic rings. The smallest absolute Gasteiger partial charge is 0.278 e. The Morgan fingerprint density at radius 3 is 2.45 bits per heavy atom. The molecule has 29 heavy (non-hydrogen) atoms. The Hall–Kier alpha value is -3.87. The van der Waals surface area contributed by atoms with Gasteiger partial charge in [0, 0.05) is 5.56 Å². The molecule has 1 saturated heterocycles. The fourth-order valence-electron chi connectivity index (χ4n) is 3.77. The number of anilines is 1. The number of nitrogens with zero attached hydrogens (tertiary/aromatic N) is 2. The Labute approximate surface area is 164 Å². The van der Waals surface area contributed by atoms with Crippen molar-refractivity contribution in [2.45, 2.75) is 6.10 Å². The largest absolute Gasteiger partial charge is 0.381 e. The molecule has 0 N–H and O–H groups in total. The molecule has 0 spiro atoms. The molecule has 5 rings (SSSR count). The predicted molar refractivity (Wildman–Crippen MR) is 103 cm³/mol. The molecule has 2 heterocycles. The van der Waals surface area contributed by atoms with Gasteiger partial charge in [0.05, 0.1) is 5.69 Å². The van der Waals surface area contributed by atoms with E-state index in [1.54, 1.807) is 12.1 Å². The van der Waals surface area contributed by atoms with Crippen molar-refractivity contribution in [3.8, 4) is 0 Å². The maximum absolute atomic E-state index is 13.2. The van der Waals surface area contributed by atoms with Crippen LogP contribution in [0.1, 0.15) is 10.4 Å². The monoisotopic (exact) mass is 388 g/mol. The summed E-state index contributed by atoms with van der Waals surface area (Å²) >= 11 is 0. The van der Waals surface area contributed by atoms with Crippen molar-refractivity contribution in [2.24, 2.45) is 11.1 Å². The molecular formula is C22H13FN2O4. The van der Waals surface area contributed by atoms with Crippen molar-refractivity contribution in [3.63, 3.8) is 0 Å². The van der Waals surface area contributed by atoms with Gasteiger partial charge in [-0.25, -0.2) is 9.29 Å². The number of carbonyl (C=O) groups excluding carboxylic acids is 3. The highest BCUT2D eigenvalue weighted by atomic mass is 19.1. The van der Waals surface area contributed by atoms with Crippen molar-refractivity contribution in [1.29, 1.82) is 0 Å². The van der Waals surface area contributed by atoms with E-state index in [4.69, 9.17) is 4.84 Å². The number of imide groups is 1. The van der Waals surface area contributed by atoms with E-state index in [0.29, 0.717) is 5.56 Å². The van der Waals surface area contributed by atoms with Gasteiger partial charge in [0.1, 0.15) is 17.4 Å². The third kappa shape index (κ3) is 2.55. The molecular weight excluding hydrogens is 375 g/mol. The Morgan fingerprint density at radius 2 is 1.66 bits per heavy atom. The van der Waals surface area contributed by atoms with Gasteiger partial charge in [0.2, 0.25) is 17.8 Å². The van der Waals surface area contributed by atoms with Crippen LogP contribution in [0.3, 0.4) is 0 Å². The second kappa shape index (κ2) is 6.34. The number of carbonyl (C=O) groups is 3. The second-order valence-electron chi connectivity index (χ2n) is 6.82. The van der Waals surface area contributed by atoms with E-state index in [1.165, 1.54) is 12.1 Å². The molecule has 0 unspecified atom stereocenters. The van der Waals surface area contributed by atoms with Gasteiger partial charge in [-0.2, -0.15) is 0 Å². The van der Waals surface area contributed by atoms with Crippen LogP contribution in [0.5, 0.6) is 0 Å². The van der Waals surface area contributed by atoms with Crippen LogP contribution in [-0.2, 0) is 14.4 Å². The summed E-state index contributed by atoms with van der Waals surface area (Å²) in [5, 5.41) is 5.38. The fraction of sp³-hybridized carbons (Fsp3) is 0.0909. The lowest BCUT2D eigenvalue weighted by Crippen LogP contribution is -2.34. The molecule has 1 fully saturated rings. The fourth-order valence-corrected chi connectivity index (χ4v) is 3.77. The number of Topliss-reactive ketones (excluding diaryl/α,β-unsaturated/α-hetero) is 1. The van der Waals surface area contributed by atoms with E-state index in [1.807, 2.05) is 30.3 Å². The summed E-state index contributed by atoms with van der Waals surface area (Å²) in [4.78, 5) is 45.0. The number of benzene rings is 3. The molecule has 6 nitrogen and oxygen atoms in total. The van der Waals surface area contributed by atoms with Gasteiger partial charge in [-0.1, -0.05) is 47.6 Å². The van der Waals surface area contributed by atoms with E-state index in [9.17, 15) is 18.8 Å². The minimum Gasteiger partial charge on any atom is -0.381 e. The zero-order valence-corrected chi connectivity index (χ0v) is 14.9. The lowest BCUT2D eigenvalue weighted by atomic mass is 9.91. The Balaban J connectivity index is 1.52. The molecule has 0 aromatic heterocycles. The number of oxime groups is 1. The van der Waals surface area contributed by atoms with Gasteiger partial charge in [-0.05, 0) is 35.0 Å². The molecule has 7 heteroatoms. The summed E-state index contributed by atoms with van der Waals surface area (Å²) in [6, 6.07) is 17.6. The summed E-state index contributed by atoms with van der Waals surface area (Å²) in [6.45, 7) is 0. The molecule has 142 valence electrons. The van der Waals surface area contributed by atoms with Gasteiger partial charge in [0.25, 0.3) is 5.91 Å². The van der Waals surface area contributed by atoms with E-state index in [2.05, 4.69) is 5.16 Å². The van der Waals surface area contributed by atoms with E-state index in [0.717, 1.165) is 27.8 Å². The van der Waals surface area contributed by atoms with E-state index >= 15 is 0 Å². The Bertz CT molecular complexity index is 1210. The van der Waals surface area contributed by atoms with Crippen molar-refractivity contribution in [2.75, 3.05) is 4.90 Å². The third-order valence-corrected chi connectivity index (χ3v) is 5.16. The molecule has 2 amide bonds. The second-order valence-corrected chi connectivity index (χ2v) is 6.82. The first kappa shape index (κ1) is 17.2. The van der Waals surface area contributed by atoms with Crippen LogP contribution in [0.25, 0.3) is 10.8 Å². The SMILES string of the molecule is O=C(C1=NO[C@H]2C(=O)N(c3ccc(F)cc3)C(=O)[C@H]12)c1cccc2ccccc12. The van der Waals surface area contributed by atoms with Crippen LogP contribution in [-0.4, -0.2) is 29.4 Å². The molecule has 0 bridgehead atoms. The van der Waals surface area contributed by atoms with Crippen molar-refractivity contribution in [1.82, 2.24) is 0 Å². The van der Waals surface area contributed by atoms with E-state index < -0.39 is 35.4 Å². The van der Waals surface area contributed by atoms with Crippen LogP contribution in [0, 0.1) is 11.7 Å². The van der Waals surface area contributed by atoms with Crippen LogP contribution in [0.2, 0.25) is 0 Å². The normalized spacial score (nSPS) is 20.6. The van der Waals surface area contributed by atoms with Gasteiger partial charge < -0.3 is 4.84 Å². The van der Waals surface area contributed by atoms with Crippen molar-refractivity contribution >= 4 is 39.8 Å². The van der Waals surface area contributed by atoms with Gasteiger partial charge >= 0.3 is 0 Å². The minimum absolute atomic E-state index is 0.102. The van der Waals surface area contributed by atoms with Crippen molar-refractivity contribution < 1.29 is 23.6 Å². The first-order chi connectivity index (χ1) is 14.1. The lowest BCUT2D eigenvalue weighted by Gasteiger charge is -2.15. The summed E-state index contributed by atoms with van der Waals surface area (Å²) in [6.07, 6.45) is -1.19. The quantitative estimate of drug-likeness (QED) is 0.510. The Morgan fingerprint density at radius 1 is 0.931 bits per heavy atom. The number of amides is 2. The molecule has 3 aromatic carbocycles. The number of ketones is 1. The molecule has 0 saturated carbocycles. The zero-order valence-electron chi connectivity index (χ0n) is 14.9. The van der Waals surface area contributed by atoms with Gasteiger partial charge in [0.15, 0.2) is 0 Å². The first-order valence-electron chi connectivity index (χ1n) is 8.96. The number of halogens is 1. The van der Waals surface area contributed by atoms with Crippen LogP contribution in [0.4, 0.5) is 10.1 Å². The summed E-state index contributed by atoms with van der Waals surface area (Å²) in [5.41, 5.74) is 0.497. The number of fused-ring (bicyclic) bond motifs is 2. The maximum Gasteiger partial charge on any atom is 0.278 e. The maximum atomic E-state index is 13.2. The predicted octanol–water partition coefficient (Wildman–Crippen LogP) is 3.11. The highest BCUT2D eigenvalue weighted by molar-refractivity contribution is 6.53. The van der Waals surface area contributed by atoms with Crippen molar-refractivity contribution in [3.05, 3.63) is 78.1 Å². The van der Waals surface area contributed by atoms with E-state index in [-0.39, 0.29) is 11.4 Å². The average molecular weight is 388 g/mol. The summed E-state index contributed by atoms with van der Waals surface area (Å²) in [7, 11) is 0. The molecule has 0 radical (unpaired) electrons. The van der Waals surface area contributed by atoms with Gasteiger partial charge in [-0.3, -0.25) is 14.4 Å². The standard InChI is InChI=1S/C22H13FN2O4/c23-13-8-10-14(11-9-13)25-21(27)17-18(24-29-20(17)22(25)28)19(26)16-7-3-5-12-4-1-2-6-15(12)16/h1-11,17,20H/t17-,20-/m1/s1. The summed E-state index contributed by atoms with van der Waals surface area (Å²) < 4.78 is 13.2. The third-order valence-electron chi connectivity index (χ3n) is 5.16. The number of hydrogen-bond donors (Lipinski definition) is 0. The van der Waals surface area contributed by atoms with Crippen LogP contribution < -0.4 is 4.90 Å². The molecule has 3 aromatic rings. The molecule has 2 atom stereocenters. The minimum atomic E-state index is -1.19. The van der Waals surface area contributed by atoms with Crippen LogP contribution in [0.15, 0.2) is 71.9 Å². The topological polar surface area (TPSA) is 76.0 Å². The Kier molecular flexibility index (Phi) is 3.77. The molecule has 2 aliphatic heterocycles. The highest BCUT2D eigenvalue weighted by Gasteiger charge is 2.57. The van der Waals surface area contributed by atoms with Gasteiger partial charge in [-0.15, -0.1) is 0 Å². The number of rotatable bonds is 3. The first-order valence-corrected chi connectivity index (χ1v) is 8.96. The number of hydrogen-bond acceptors (Lipinski definition) is 5.